The van der Waals surface area contributed by atoms with Gasteiger partial charge in [-0.15, -0.1) is 0 Å². The molecule has 0 aliphatic carbocycles. The zero-order valence-electron chi connectivity index (χ0n) is 11.0. The number of hydrogen-bond donors (Lipinski definition) is 0. The first-order chi connectivity index (χ1) is 9.36. The van der Waals surface area contributed by atoms with E-state index in [1.54, 1.807) is 0 Å². The van der Waals surface area contributed by atoms with Crippen LogP contribution in [0.4, 0.5) is 4.39 Å². The maximum Gasteiger partial charge on any atom is 0.223 e. The van der Waals surface area contributed by atoms with E-state index in [0.717, 1.165) is 12.1 Å². The Morgan fingerprint density at radius 1 is 1.35 bits per heavy atom. The van der Waals surface area contributed by atoms with E-state index >= 15 is 0 Å². The van der Waals surface area contributed by atoms with E-state index in [9.17, 15) is 17.6 Å². The summed E-state index contributed by atoms with van der Waals surface area (Å²) in [5, 5.41) is 8.41. The Morgan fingerprint density at radius 3 is 2.50 bits per heavy atom. The summed E-state index contributed by atoms with van der Waals surface area (Å²) in [6.45, 7) is 0.270. The second-order valence-electron chi connectivity index (χ2n) is 4.25. The maximum absolute atomic E-state index is 12.7. The van der Waals surface area contributed by atoms with Gasteiger partial charge in [0.25, 0.3) is 0 Å². The molecule has 0 bridgehead atoms. The number of benzene rings is 1. The quantitative estimate of drug-likeness (QED) is 0.743. The van der Waals surface area contributed by atoms with Crippen molar-refractivity contribution < 1.29 is 17.6 Å². The molecule has 0 atom stereocenters. The van der Waals surface area contributed by atoms with E-state index in [4.69, 9.17) is 5.26 Å². The first-order valence-corrected chi connectivity index (χ1v) is 7.61. The molecule has 0 N–H and O–H groups in total. The zero-order chi connectivity index (χ0) is 15.2. The molecular weight excluding hydrogens is 283 g/mol. The van der Waals surface area contributed by atoms with Gasteiger partial charge >= 0.3 is 0 Å². The number of hydrogen-bond acceptors (Lipinski definition) is 4. The van der Waals surface area contributed by atoms with Crippen LogP contribution in [-0.4, -0.2) is 38.6 Å². The Labute approximate surface area is 117 Å². The van der Waals surface area contributed by atoms with Gasteiger partial charge in [0.15, 0.2) is 9.84 Å². The SMILES string of the molecule is CN(CCC#N)C(=O)CCS(=O)(=O)c1ccc(F)cc1. The fraction of sp³-hybridized carbons (Fsp3) is 0.385. The van der Waals surface area contributed by atoms with E-state index in [-0.39, 0.29) is 35.9 Å². The lowest BCUT2D eigenvalue weighted by atomic mass is 10.3. The van der Waals surface area contributed by atoms with E-state index < -0.39 is 15.7 Å². The number of amides is 1. The van der Waals surface area contributed by atoms with Crippen molar-refractivity contribution in [1.29, 1.82) is 5.26 Å². The number of nitrogens with zero attached hydrogens (tertiary/aromatic N) is 2. The smallest absolute Gasteiger partial charge is 0.223 e. The summed E-state index contributed by atoms with van der Waals surface area (Å²) >= 11 is 0. The van der Waals surface area contributed by atoms with E-state index in [2.05, 4.69) is 0 Å². The highest BCUT2D eigenvalue weighted by Crippen LogP contribution is 2.13. The van der Waals surface area contributed by atoms with Crippen LogP contribution in [0.15, 0.2) is 29.2 Å². The highest BCUT2D eigenvalue weighted by atomic mass is 32.2. The summed E-state index contributed by atoms with van der Waals surface area (Å²) in [4.78, 5) is 13.0. The van der Waals surface area contributed by atoms with Crippen molar-refractivity contribution in [3.63, 3.8) is 0 Å². The molecular formula is C13H15FN2O3S. The molecule has 20 heavy (non-hydrogen) atoms. The van der Waals surface area contributed by atoms with Gasteiger partial charge in [0.05, 0.1) is 23.1 Å². The van der Waals surface area contributed by atoms with Gasteiger partial charge in [-0.2, -0.15) is 5.26 Å². The molecule has 108 valence electrons. The van der Waals surface area contributed by atoms with Gasteiger partial charge in [-0.25, -0.2) is 12.8 Å². The largest absolute Gasteiger partial charge is 0.345 e. The number of sulfone groups is 1. The summed E-state index contributed by atoms with van der Waals surface area (Å²) in [6, 6.07) is 6.39. The van der Waals surface area contributed by atoms with Crippen molar-refractivity contribution in [2.45, 2.75) is 17.7 Å². The molecule has 0 spiro atoms. The van der Waals surface area contributed by atoms with Crippen LogP contribution in [0.1, 0.15) is 12.8 Å². The molecule has 1 aromatic carbocycles. The first-order valence-electron chi connectivity index (χ1n) is 5.96. The molecule has 1 rings (SSSR count). The molecule has 0 radical (unpaired) electrons. The monoisotopic (exact) mass is 298 g/mol. The predicted octanol–water partition coefficient (Wildman–Crippen LogP) is 1.36. The van der Waals surface area contributed by atoms with Crippen LogP contribution in [-0.2, 0) is 14.6 Å². The topological polar surface area (TPSA) is 78.2 Å². The molecule has 0 unspecified atom stereocenters. The highest BCUT2D eigenvalue weighted by Gasteiger charge is 2.18. The molecule has 0 aliphatic rings. The van der Waals surface area contributed by atoms with Crippen LogP contribution >= 0.6 is 0 Å². The third-order valence-corrected chi connectivity index (χ3v) is 4.47. The average molecular weight is 298 g/mol. The number of carbonyl (C=O) groups is 1. The maximum atomic E-state index is 12.7. The minimum atomic E-state index is -3.61. The van der Waals surface area contributed by atoms with Gasteiger partial charge in [0.2, 0.25) is 5.91 Å². The van der Waals surface area contributed by atoms with Crippen molar-refractivity contribution in [2.75, 3.05) is 19.3 Å². The van der Waals surface area contributed by atoms with Gasteiger partial charge in [0.1, 0.15) is 5.82 Å². The van der Waals surface area contributed by atoms with Crippen molar-refractivity contribution in [3.8, 4) is 6.07 Å². The summed E-state index contributed by atoms with van der Waals surface area (Å²) in [5.41, 5.74) is 0. The number of rotatable bonds is 6. The number of nitriles is 1. The van der Waals surface area contributed by atoms with Gasteiger partial charge in [-0.05, 0) is 24.3 Å². The Hall–Kier alpha value is -1.94. The fourth-order valence-corrected chi connectivity index (χ4v) is 2.74. The second-order valence-corrected chi connectivity index (χ2v) is 6.36. The molecule has 7 heteroatoms. The van der Waals surface area contributed by atoms with Crippen molar-refractivity contribution in [3.05, 3.63) is 30.1 Å². The Bertz CT molecular complexity index is 605. The van der Waals surface area contributed by atoms with Crippen LogP contribution in [0.25, 0.3) is 0 Å². The van der Waals surface area contributed by atoms with Crippen molar-refractivity contribution >= 4 is 15.7 Å². The number of carbonyl (C=O) groups excluding carboxylic acids is 1. The molecule has 0 fully saturated rings. The van der Waals surface area contributed by atoms with Gasteiger partial charge in [-0.3, -0.25) is 4.79 Å². The fourth-order valence-electron chi connectivity index (χ4n) is 1.51. The molecule has 0 saturated heterocycles. The third kappa shape index (κ3) is 4.63. The molecule has 0 saturated carbocycles. The molecule has 0 aliphatic heterocycles. The van der Waals surface area contributed by atoms with Crippen molar-refractivity contribution in [1.82, 2.24) is 4.90 Å². The minimum Gasteiger partial charge on any atom is -0.345 e. The van der Waals surface area contributed by atoms with Crippen LogP contribution in [0.5, 0.6) is 0 Å². The van der Waals surface area contributed by atoms with E-state index in [1.807, 2.05) is 6.07 Å². The van der Waals surface area contributed by atoms with Gasteiger partial charge in [-0.1, -0.05) is 0 Å². The lowest BCUT2D eigenvalue weighted by molar-refractivity contribution is -0.129. The first kappa shape index (κ1) is 16.1. The standard InChI is InChI=1S/C13H15FN2O3S/c1-16(9-2-8-15)13(17)7-10-20(18,19)12-5-3-11(14)4-6-12/h3-6H,2,7,9-10H2,1H3. The minimum absolute atomic E-state index is 0.00798. The molecule has 5 nitrogen and oxygen atoms in total. The molecule has 1 amide bonds. The van der Waals surface area contributed by atoms with E-state index in [1.165, 1.54) is 24.1 Å². The van der Waals surface area contributed by atoms with Crippen LogP contribution in [0.3, 0.4) is 0 Å². The highest BCUT2D eigenvalue weighted by molar-refractivity contribution is 7.91. The van der Waals surface area contributed by atoms with Crippen LogP contribution in [0.2, 0.25) is 0 Å². The van der Waals surface area contributed by atoms with Crippen LogP contribution in [0, 0.1) is 17.1 Å². The molecule has 0 aromatic heterocycles. The molecule has 0 heterocycles. The lowest BCUT2D eigenvalue weighted by Crippen LogP contribution is -2.29. The van der Waals surface area contributed by atoms with Crippen LogP contribution < -0.4 is 0 Å². The zero-order valence-corrected chi connectivity index (χ0v) is 11.9. The summed E-state index contributed by atoms with van der Waals surface area (Å²) in [5.74, 6) is -1.20. The van der Waals surface area contributed by atoms with Crippen molar-refractivity contribution in [2.24, 2.45) is 0 Å². The second kappa shape index (κ2) is 7.01. The van der Waals surface area contributed by atoms with Gasteiger partial charge < -0.3 is 4.90 Å². The van der Waals surface area contributed by atoms with E-state index in [0.29, 0.717) is 0 Å². The normalized spacial score (nSPS) is 10.8. The predicted molar refractivity (Wildman–Crippen MR) is 70.9 cm³/mol. The summed E-state index contributed by atoms with van der Waals surface area (Å²) in [6.07, 6.45) is 0.0363. The Kier molecular flexibility index (Phi) is 5.65. The Balaban J connectivity index is 2.62. The third-order valence-electron chi connectivity index (χ3n) is 2.74. The average Bonchev–Trinajstić information content (AvgIpc) is 2.42. The summed E-state index contributed by atoms with van der Waals surface area (Å²) < 4.78 is 36.6. The lowest BCUT2D eigenvalue weighted by Gasteiger charge is -2.15. The molecule has 1 aromatic rings. The summed E-state index contributed by atoms with van der Waals surface area (Å²) in [7, 11) is -2.09. The number of halogens is 1. The Morgan fingerprint density at radius 2 is 1.95 bits per heavy atom. The van der Waals surface area contributed by atoms with Gasteiger partial charge in [0, 0.05) is 20.0 Å².